The number of fused-ring (bicyclic) bond motifs is 9. The molecule has 4 heteroatoms. The molecule has 0 heterocycles. The molecule has 0 spiro atoms. The second-order valence-electron chi connectivity index (χ2n) is 17.1. The van der Waals surface area contributed by atoms with Crippen molar-refractivity contribution in [3.05, 3.63) is 186 Å². The van der Waals surface area contributed by atoms with Crippen LogP contribution < -0.4 is 24.8 Å². The summed E-state index contributed by atoms with van der Waals surface area (Å²) in [5, 5.41) is 3.38. The van der Waals surface area contributed by atoms with Crippen LogP contribution in [0.1, 0.15) is 72.9 Å². The fourth-order valence-electron chi connectivity index (χ4n) is 11.8. The molecule has 0 aliphatic heterocycles. The molecule has 3 aromatic rings. The average molecular weight is 864 g/mol. The van der Waals surface area contributed by atoms with Gasteiger partial charge in [-0.25, -0.2) is 12.2 Å². The average Bonchev–Trinajstić information content (AvgIpc) is 3.81. The maximum atomic E-state index is 5.96. The molecule has 0 N–H and O–H groups in total. The van der Waals surface area contributed by atoms with Crippen LogP contribution in [-0.4, -0.2) is 3.21 Å². The van der Waals surface area contributed by atoms with Crippen LogP contribution in [0.15, 0.2) is 157 Å². The fraction of sp³-hybridized carbons (Fsp3) is 0.333. The van der Waals surface area contributed by atoms with Gasteiger partial charge in [0.1, 0.15) is 0 Å². The molecule has 2 fully saturated rings. The predicted octanol–water partition coefficient (Wildman–Crippen LogP) is 7.57. The van der Waals surface area contributed by atoms with E-state index in [-0.39, 0.29) is 62.7 Å². The van der Waals surface area contributed by atoms with Crippen LogP contribution >= 0.6 is 11.6 Å². The summed E-state index contributed by atoms with van der Waals surface area (Å²) in [6.07, 6.45) is 39.3. The van der Waals surface area contributed by atoms with Crippen molar-refractivity contribution in [3.63, 3.8) is 0 Å². The Labute approximate surface area is 363 Å². The van der Waals surface area contributed by atoms with E-state index in [0.717, 1.165) is 11.4 Å². The Morgan fingerprint density at radius 3 is 1.89 bits per heavy atom. The number of benzene rings is 3. The zero-order valence-electron chi connectivity index (χ0n) is 33.4. The summed E-state index contributed by atoms with van der Waals surface area (Å²) < 4.78 is 1.36. The summed E-state index contributed by atoms with van der Waals surface area (Å²) in [6.45, 7) is 20.3. The molecule has 284 valence electrons. The van der Waals surface area contributed by atoms with Gasteiger partial charge in [0.05, 0.1) is 0 Å². The van der Waals surface area contributed by atoms with E-state index in [1.54, 1.807) is 0 Å². The largest absolute Gasteiger partial charge is 1.00 e. The first-order chi connectivity index (χ1) is 25.2. The molecular formula is C51H53Cl3Zr-2. The molecule has 0 nitrogen and oxygen atoms in total. The Morgan fingerprint density at radius 2 is 1.29 bits per heavy atom. The maximum Gasteiger partial charge on any atom is -0.109 e. The van der Waals surface area contributed by atoms with Gasteiger partial charge in [0.2, 0.25) is 0 Å². The molecule has 8 atom stereocenters. The third-order valence-electron chi connectivity index (χ3n) is 15.8. The topological polar surface area (TPSA) is 0 Å². The molecule has 6 aliphatic rings. The van der Waals surface area contributed by atoms with E-state index in [0.29, 0.717) is 5.92 Å². The van der Waals surface area contributed by atoms with Crippen molar-refractivity contribution in [2.75, 3.05) is 0 Å². The Kier molecular flexibility index (Phi) is 12.4. The van der Waals surface area contributed by atoms with Crippen LogP contribution in [0.5, 0.6) is 0 Å². The van der Waals surface area contributed by atoms with E-state index in [1.165, 1.54) is 54.9 Å². The van der Waals surface area contributed by atoms with E-state index in [9.17, 15) is 0 Å². The van der Waals surface area contributed by atoms with Crippen molar-refractivity contribution in [2.45, 2.75) is 61.8 Å². The van der Waals surface area contributed by atoms with Crippen LogP contribution in [0.4, 0.5) is 0 Å². The number of hydrogen-bond acceptors (Lipinski definition) is 0. The van der Waals surface area contributed by atoms with E-state index in [4.69, 9.17) is 11.6 Å². The van der Waals surface area contributed by atoms with Gasteiger partial charge in [0.25, 0.3) is 0 Å². The molecule has 0 saturated heterocycles. The van der Waals surface area contributed by atoms with Crippen molar-refractivity contribution >= 4 is 25.6 Å². The standard InChI is InChI=1S/C29H37.C17H11Cl.C5H5.2ClH.Zr/c1-21-14-13-15-22-20-27(6)25(4)18-10-9-16-23(25,2)24(3)17-11-12-19-26(24,5)29(27,8)28(21,22)7;18-16-10-8-13(9-11-16)12-15-6-3-5-14-4-1-2-7-17(14)15;1-2-4-5-3-1;;;/h9-20,22H,1-8H3;1-11H;1-3H,4H2;2*1H;/q-1;;-1;;;+2/p-2. The number of halogens is 3. The summed E-state index contributed by atoms with van der Waals surface area (Å²) >= 11 is 7.37. The van der Waals surface area contributed by atoms with Crippen molar-refractivity contribution in [3.8, 4) is 0 Å². The number of allylic oxidation sites excluding steroid dienone is 16. The second-order valence-corrected chi connectivity index (χ2v) is 18.8. The summed E-state index contributed by atoms with van der Waals surface area (Å²) in [4.78, 5) is 0. The minimum Gasteiger partial charge on any atom is -1.00 e. The molecule has 0 aromatic heterocycles. The zero-order chi connectivity index (χ0) is 37.9. The van der Waals surface area contributed by atoms with Crippen molar-refractivity contribution in [1.29, 1.82) is 0 Å². The van der Waals surface area contributed by atoms with E-state index >= 15 is 0 Å². The Morgan fingerprint density at radius 1 is 0.709 bits per heavy atom. The minimum atomic E-state index is 0. The van der Waals surface area contributed by atoms with Crippen LogP contribution in [0, 0.1) is 56.3 Å². The van der Waals surface area contributed by atoms with Gasteiger partial charge in [-0.3, -0.25) is 6.08 Å². The van der Waals surface area contributed by atoms with E-state index in [2.05, 4.69) is 195 Å². The first kappa shape index (κ1) is 43.6. The van der Waals surface area contributed by atoms with Crippen LogP contribution in [0.2, 0.25) is 5.02 Å². The Hall–Kier alpha value is -2.54. The van der Waals surface area contributed by atoms with Gasteiger partial charge < -0.3 is 31.2 Å². The molecule has 0 radical (unpaired) electrons. The SMILES string of the molecule is CC1=CC=CC2[CH-]C3(C)C4(C)C=CC=CC4(C)C4(C)C=CC=CC4(C)C3(C)C12C.Clc1ccc([C](=[Zr+2])c2cccc3ccccc23)cc1.[C-]1=CC=CC1.[Cl-].[Cl-]. The van der Waals surface area contributed by atoms with Gasteiger partial charge in [-0.1, -0.05) is 115 Å². The van der Waals surface area contributed by atoms with Gasteiger partial charge in [-0.2, -0.15) is 6.08 Å². The number of hydrogen-bond donors (Lipinski definition) is 0. The quantitative estimate of drug-likeness (QED) is 0.234. The minimum absolute atomic E-state index is 0. The number of rotatable bonds is 2. The zero-order valence-corrected chi connectivity index (χ0v) is 38.2. The first-order valence-electron chi connectivity index (χ1n) is 19.2. The molecular weight excluding hydrogens is 810 g/mol. The van der Waals surface area contributed by atoms with Crippen molar-refractivity contribution in [1.82, 2.24) is 0 Å². The molecule has 2 saturated carbocycles. The van der Waals surface area contributed by atoms with Gasteiger partial charge in [0, 0.05) is 10.8 Å². The summed E-state index contributed by atoms with van der Waals surface area (Å²) in [7, 11) is 0. The van der Waals surface area contributed by atoms with Crippen molar-refractivity contribution < 1.29 is 49.0 Å². The normalized spacial score (nSPS) is 36.4. The molecule has 8 unspecified atom stereocenters. The van der Waals surface area contributed by atoms with Gasteiger partial charge in [-0.15, -0.1) is 23.8 Å². The molecule has 6 aliphatic carbocycles. The van der Waals surface area contributed by atoms with Crippen LogP contribution in [0.25, 0.3) is 10.8 Å². The van der Waals surface area contributed by atoms with Gasteiger partial charge >= 0.3 is 133 Å². The molecule has 9 rings (SSSR count). The summed E-state index contributed by atoms with van der Waals surface area (Å²) in [6, 6.07) is 23.1. The molecule has 3 aromatic carbocycles. The third-order valence-corrected chi connectivity index (χ3v) is 17.4. The Bertz CT molecular complexity index is 2180. The monoisotopic (exact) mass is 860 g/mol. The maximum absolute atomic E-state index is 5.96. The van der Waals surface area contributed by atoms with Crippen molar-refractivity contribution in [2.24, 2.45) is 43.8 Å². The Balaban J connectivity index is 0.000000192. The summed E-state index contributed by atoms with van der Waals surface area (Å²) in [5.74, 6) is 0.460. The van der Waals surface area contributed by atoms with E-state index in [1.807, 2.05) is 24.3 Å². The first-order valence-corrected chi connectivity index (χ1v) is 20.8. The predicted molar refractivity (Wildman–Crippen MR) is 224 cm³/mol. The molecule has 0 bridgehead atoms. The molecule has 0 amide bonds. The second kappa shape index (κ2) is 15.7. The fourth-order valence-corrected chi connectivity index (χ4v) is 12.9. The molecule has 55 heavy (non-hydrogen) atoms. The third kappa shape index (κ3) is 5.95. The van der Waals surface area contributed by atoms with Crippen LogP contribution in [-0.2, 0) is 24.2 Å². The smallest absolute Gasteiger partial charge is 0.109 e. The van der Waals surface area contributed by atoms with Crippen LogP contribution in [0.3, 0.4) is 0 Å². The van der Waals surface area contributed by atoms with E-state index < -0.39 is 0 Å². The summed E-state index contributed by atoms with van der Waals surface area (Å²) in [5.41, 5.74) is 4.30. The van der Waals surface area contributed by atoms with Gasteiger partial charge in [0.15, 0.2) is 0 Å². The van der Waals surface area contributed by atoms with Gasteiger partial charge in [-0.05, 0) is 28.6 Å².